The quantitative estimate of drug-likeness (QED) is 0.223. The molecule has 0 N–H and O–H groups in total. The molecule has 2 heterocycles. The lowest BCUT2D eigenvalue weighted by atomic mass is 9.94. The minimum Gasteiger partial charge on any atom is -0.263 e. The van der Waals surface area contributed by atoms with Crippen molar-refractivity contribution < 1.29 is 0 Å². The van der Waals surface area contributed by atoms with Crippen molar-refractivity contribution in [3.63, 3.8) is 0 Å². The molecule has 6 rings (SSSR count). The Labute approximate surface area is 235 Å². The van der Waals surface area contributed by atoms with E-state index in [9.17, 15) is 0 Å². The van der Waals surface area contributed by atoms with Crippen LogP contribution in [-0.2, 0) is 0 Å². The van der Waals surface area contributed by atoms with Gasteiger partial charge in [-0.1, -0.05) is 133 Å². The van der Waals surface area contributed by atoms with Gasteiger partial charge in [0.1, 0.15) is 0 Å². The van der Waals surface area contributed by atoms with E-state index in [-0.39, 0.29) is 0 Å². The Morgan fingerprint density at radius 3 is 0.825 bits per heavy atom. The van der Waals surface area contributed by atoms with E-state index < -0.39 is 0 Å². The summed E-state index contributed by atoms with van der Waals surface area (Å²) >= 11 is 0. The predicted octanol–water partition coefficient (Wildman–Crippen LogP) is 8.55. The highest BCUT2D eigenvalue weighted by Gasteiger charge is 2.12. The third-order valence-corrected chi connectivity index (χ3v) is 6.67. The van der Waals surface area contributed by atoms with Crippen LogP contribution in [0.3, 0.4) is 0 Å². The van der Waals surface area contributed by atoms with Crippen LogP contribution in [0.25, 0.3) is 44.5 Å². The Morgan fingerprint density at radius 2 is 0.575 bits per heavy atom. The fraction of sp³-hybridized carbons (Fsp3) is 0. The van der Waals surface area contributed by atoms with Crippen LogP contribution in [0.2, 0.25) is 0 Å². The zero-order chi connectivity index (χ0) is 27.0. The number of rotatable bonds is 4. The third-order valence-electron chi connectivity index (χ3n) is 6.67. The fourth-order valence-electron chi connectivity index (χ4n) is 4.72. The molecule has 186 valence electrons. The number of nitrogens with zero attached hydrogens (tertiary/aromatic N) is 2. The molecule has 0 atom stereocenters. The number of aromatic nitrogens is 2. The van der Waals surface area contributed by atoms with Gasteiger partial charge in [-0.2, -0.15) is 0 Å². The monoisotopic (exact) mass is 508 g/mol. The van der Waals surface area contributed by atoms with Gasteiger partial charge in [0.15, 0.2) is 0 Å². The predicted molar refractivity (Wildman–Crippen MR) is 164 cm³/mol. The van der Waals surface area contributed by atoms with E-state index >= 15 is 0 Å². The van der Waals surface area contributed by atoms with Crippen molar-refractivity contribution in [2.75, 3.05) is 0 Å². The lowest BCUT2D eigenvalue weighted by Gasteiger charge is -2.10. The van der Waals surface area contributed by atoms with Gasteiger partial charge >= 0.3 is 0 Å². The van der Waals surface area contributed by atoms with Gasteiger partial charge in [0, 0.05) is 58.2 Å². The molecule has 0 fully saturated rings. The van der Waals surface area contributed by atoms with E-state index in [2.05, 4.69) is 82.2 Å². The molecule has 0 bridgehead atoms. The summed E-state index contributed by atoms with van der Waals surface area (Å²) in [4.78, 5) is 9.11. The molecule has 0 aliphatic heterocycles. The maximum Gasteiger partial charge on any atom is 0.0443 e. The van der Waals surface area contributed by atoms with Gasteiger partial charge in [0.2, 0.25) is 0 Å². The van der Waals surface area contributed by atoms with Crippen LogP contribution >= 0.6 is 0 Å². The van der Waals surface area contributed by atoms with Crippen LogP contribution < -0.4 is 0 Å². The van der Waals surface area contributed by atoms with Gasteiger partial charge < -0.3 is 0 Å². The summed E-state index contributed by atoms with van der Waals surface area (Å²) in [5.74, 6) is 13.1. The first-order valence-corrected chi connectivity index (χ1v) is 13.1. The van der Waals surface area contributed by atoms with E-state index in [0.717, 1.165) is 55.6 Å². The second-order valence-electron chi connectivity index (χ2n) is 9.18. The lowest BCUT2D eigenvalue weighted by molar-refractivity contribution is 1.32. The van der Waals surface area contributed by atoms with Crippen molar-refractivity contribution in [1.82, 2.24) is 9.97 Å². The molecule has 0 spiro atoms. The molecular weight excluding hydrogens is 484 g/mol. The fourth-order valence-corrected chi connectivity index (χ4v) is 4.72. The molecule has 0 saturated carbocycles. The molecule has 40 heavy (non-hydrogen) atoms. The highest BCUT2D eigenvalue weighted by atomic mass is 14.6. The van der Waals surface area contributed by atoms with E-state index in [4.69, 9.17) is 0 Å². The van der Waals surface area contributed by atoms with Crippen LogP contribution in [0.15, 0.2) is 146 Å². The first kappa shape index (κ1) is 24.6. The van der Waals surface area contributed by atoms with Crippen LogP contribution in [0.1, 0.15) is 11.1 Å². The summed E-state index contributed by atoms with van der Waals surface area (Å²) in [5.41, 5.74) is 10.0. The highest BCUT2D eigenvalue weighted by molar-refractivity contribution is 5.83. The highest BCUT2D eigenvalue weighted by Crippen LogP contribution is 2.32. The van der Waals surface area contributed by atoms with Gasteiger partial charge in [-0.3, -0.25) is 9.97 Å². The minimum atomic E-state index is 0.906. The Hall–Kier alpha value is -5.70. The van der Waals surface area contributed by atoms with Crippen LogP contribution in [-0.4, -0.2) is 9.97 Å². The average molecular weight is 509 g/mol. The molecule has 2 heteroatoms. The van der Waals surface area contributed by atoms with Gasteiger partial charge in [0.25, 0.3) is 0 Å². The Morgan fingerprint density at radius 1 is 0.325 bits per heavy atom. The van der Waals surface area contributed by atoms with Gasteiger partial charge in [0.05, 0.1) is 0 Å². The molecule has 0 aliphatic rings. The van der Waals surface area contributed by atoms with E-state index in [1.165, 1.54) is 0 Å². The smallest absolute Gasteiger partial charge is 0.0443 e. The SMILES string of the molecule is C(C#Cc1c(-c2ccccc2)cncc1-c1ccccc1)#Cc1c(-c2ccccc2)cncc1-c1ccccc1. The van der Waals surface area contributed by atoms with Gasteiger partial charge in [-0.05, 0) is 34.1 Å². The van der Waals surface area contributed by atoms with Gasteiger partial charge in [-0.25, -0.2) is 0 Å². The molecule has 2 nitrogen and oxygen atoms in total. The molecule has 6 aromatic rings. The molecule has 0 saturated heterocycles. The number of benzene rings is 4. The van der Waals surface area contributed by atoms with E-state index in [1.54, 1.807) is 0 Å². The number of hydrogen-bond donors (Lipinski definition) is 0. The summed E-state index contributed by atoms with van der Waals surface area (Å²) < 4.78 is 0. The standard InChI is InChI=1S/C38H24N2/c1-5-15-29(16-6-1)35-25-39-26-36(30-17-7-2-8-18-30)33(35)23-13-14-24-34-37(31-19-9-3-10-20-31)27-40-28-38(34)32-21-11-4-12-22-32/h1-12,15-22,25-28H. The van der Waals surface area contributed by atoms with Crippen molar-refractivity contribution in [2.24, 2.45) is 0 Å². The second-order valence-corrected chi connectivity index (χ2v) is 9.18. The van der Waals surface area contributed by atoms with Crippen LogP contribution in [0.5, 0.6) is 0 Å². The van der Waals surface area contributed by atoms with Gasteiger partial charge in [-0.15, -0.1) is 0 Å². The largest absolute Gasteiger partial charge is 0.263 e. The number of pyridine rings is 2. The molecule has 0 amide bonds. The van der Waals surface area contributed by atoms with Crippen molar-refractivity contribution in [3.8, 4) is 68.2 Å². The maximum absolute atomic E-state index is 4.55. The molecule has 0 unspecified atom stereocenters. The Balaban J connectivity index is 1.50. The lowest BCUT2D eigenvalue weighted by Crippen LogP contribution is -1.92. The van der Waals surface area contributed by atoms with Crippen molar-refractivity contribution in [1.29, 1.82) is 0 Å². The third kappa shape index (κ3) is 5.30. The average Bonchev–Trinajstić information content (AvgIpc) is 3.04. The zero-order valence-corrected chi connectivity index (χ0v) is 21.8. The molecule has 4 aromatic carbocycles. The summed E-state index contributed by atoms with van der Waals surface area (Å²) in [6, 6.07) is 40.9. The summed E-state index contributed by atoms with van der Waals surface area (Å²) in [5, 5.41) is 0. The molecular formula is C38H24N2. The van der Waals surface area contributed by atoms with Crippen molar-refractivity contribution >= 4 is 0 Å². The summed E-state index contributed by atoms with van der Waals surface area (Å²) in [6.45, 7) is 0. The van der Waals surface area contributed by atoms with Crippen molar-refractivity contribution in [3.05, 3.63) is 157 Å². The maximum atomic E-state index is 4.55. The Bertz CT molecular complexity index is 1610. The first-order chi connectivity index (χ1) is 19.9. The molecule has 0 radical (unpaired) electrons. The molecule has 0 aliphatic carbocycles. The number of hydrogen-bond acceptors (Lipinski definition) is 2. The van der Waals surface area contributed by atoms with Crippen LogP contribution in [0, 0.1) is 23.7 Å². The summed E-state index contributed by atoms with van der Waals surface area (Å²) in [7, 11) is 0. The van der Waals surface area contributed by atoms with E-state index in [1.807, 2.05) is 97.6 Å². The normalized spacial score (nSPS) is 10.1. The Kier molecular flexibility index (Phi) is 7.25. The zero-order valence-electron chi connectivity index (χ0n) is 21.8. The topological polar surface area (TPSA) is 25.8 Å². The first-order valence-electron chi connectivity index (χ1n) is 13.1. The second kappa shape index (κ2) is 11.8. The minimum absolute atomic E-state index is 0.906. The van der Waals surface area contributed by atoms with Crippen molar-refractivity contribution in [2.45, 2.75) is 0 Å². The molecule has 2 aromatic heterocycles. The van der Waals surface area contributed by atoms with Crippen LogP contribution in [0.4, 0.5) is 0 Å². The van der Waals surface area contributed by atoms with E-state index in [0.29, 0.717) is 0 Å². The summed E-state index contributed by atoms with van der Waals surface area (Å²) in [6.07, 6.45) is 7.51.